The Morgan fingerprint density at radius 1 is 0.964 bits per heavy atom. The van der Waals surface area contributed by atoms with Crippen LogP contribution in [0, 0.1) is 12.7 Å². The Labute approximate surface area is 165 Å². The molecule has 0 saturated heterocycles. The summed E-state index contributed by atoms with van der Waals surface area (Å²) in [6.45, 7) is 3.47. The predicted molar refractivity (Wildman–Crippen MR) is 109 cm³/mol. The van der Waals surface area contributed by atoms with E-state index in [0.29, 0.717) is 17.0 Å². The predicted octanol–water partition coefficient (Wildman–Crippen LogP) is 5.10. The Morgan fingerprint density at radius 2 is 1.61 bits per heavy atom. The molecule has 1 atom stereocenters. The second-order valence-corrected chi connectivity index (χ2v) is 8.28. The first-order valence-electron chi connectivity index (χ1n) is 8.84. The van der Waals surface area contributed by atoms with Crippen LogP contribution < -0.4 is 9.04 Å². The van der Waals surface area contributed by atoms with E-state index in [1.807, 2.05) is 18.2 Å². The van der Waals surface area contributed by atoms with Crippen molar-refractivity contribution in [1.82, 2.24) is 0 Å². The number of rotatable bonds is 6. The van der Waals surface area contributed by atoms with Gasteiger partial charge in [0, 0.05) is 0 Å². The number of benzene rings is 3. The first-order chi connectivity index (χ1) is 13.3. The summed E-state index contributed by atoms with van der Waals surface area (Å²) >= 11 is 0. The van der Waals surface area contributed by atoms with Gasteiger partial charge < -0.3 is 4.74 Å². The fourth-order valence-electron chi connectivity index (χ4n) is 3.12. The maximum atomic E-state index is 13.9. The van der Waals surface area contributed by atoms with Gasteiger partial charge in [-0.15, -0.1) is 0 Å². The lowest BCUT2D eigenvalue weighted by Crippen LogP contribution is -2.34. The molecule has 6 heteroatoms. The van der Waals surface area contributed by atoms with Crippen molar-refractivity contribution >= 4 is 15.7 Å². The minimum absolute atomic E-state index is 0.0447. The Hall–Kier alpha value is -2.86. The molecule has 0 aliphatic heterocycles. The Kier molecular flexibility index (Phi) is 5.70. The zero-order valence-electron chi connectivity index (χ0n) is 16.0. The van der Waals surface area contributed by atoms with E-state index in [1.54, 1.807) is 57.4 Å². The third-order valence-electron chi connectivity index (χ3n) is 4.65. The third kappa shape index (κ3) is 3.87. The summed E-state index contributed by atoms with van der Waals surface area (Å²) in [4.78, 5) is -0.0447. The second-order valence-electron chi connectivity index (χ2n) is 6.50. The summed E-state index contributed by atoms with van der Waals surface area (Å²) in [6.07, 6.45) is 0. The molecule has 0 radical (unpaired) electrons. The number of para-hydroxylation sites is 1. The van der Waals surface area contributed by atoms with Crippen molar-refractivity contribution < 1.29 is 17.5 Å². The van der Waals surface area contributed by atoms with Crippen molar-refractivity contribution in [1.29, 1.82) is 0 Å². The molecule has 0 heterocycles. The van der Waals surface area contributed by atoms with E-state index in [1.165, 1.54) is 16.4 Å². The van der Waals surface area contributed by atoms with Crippen molar-refractivity contribution in [2.24, 2.45) is 0 Å². The van der Waals surface area contributed by atoms with Gasteiger partial charge in [0.15, 0.2) is 0 Å². The van der Waals surface area contributed by atoms with Crippen LogP contribution in [0.5, 0.6) is 5.75 Å². The summed E-state index contributed by atoms with van der Waals surface area (Å²) in [7, 11) is -2.43. The van der Waals surface area contributed by atoms with E-state index in [9.17, 15) is 12.8 Å². The van der Waals surface area contributed by atoms with E-state index in [-0.39, 0.29) is 4.90 Å². The van der Waals surface area contributed by atoms with Crippen molar-refractivity contribution in [3.05, 3.63) is 89.7 Å². The lowest BCUT2D eigenvalue weighted by atomic mass is 10.1. The molecule has 0 aliphatic carbocycles. The summed E-state index contributed by atoms with van der Waals surface area (Å²) in [5.74, 6) is 0.0975. The van der Waals surface area contributed by atoms with Crippen molar-refractivity contribution in [3.8, 4) is 5.75 Å². The zero-order valence-corrected chi connectivity index (χ0v) is 16.8. The molecule has 0 fully saturated rings. The maximum absolute atomic E-state index is 13.9. The standard InChI is InChI=1S/C22H22FNO3S/c1-16-9-12-19(23)15-22(16)28(25,26)24(20-7-5-4-6-8-20)17(2)18-10-13-21(27-3)14-11-18/h4-15,17H,1-3H3/t17-/m0/s1. The topological polar surface area (TPSA) is 46.6 Å². The van der Waals surface area contributed by atoms with Gasteiger partial charge in [-0.05, 0) is 61.4 Å². The maximum Gasteiger partial charge on any atom is 0.265 e. The normalized spacial score (nSPS) is 12.4. The van der Waals surface area contributed by atoms with E-state index in [0.717, 1.165) is 11.6 Å². The minimum Gasteiger partial charge on any atom is -0.497 e. The van der Waals surface area contributed by atoms with Gasteiger partial charge in [0.05, 0.1) is 23.7 Å². The summed E-state index contributed by atoms with van der Waals surface area (Å²) < 4.78 is 47.5. The van der Waals surface area contributed by atoms with Crippen LogP contribution in [0.3, 0.4) is 0 Å². The van der Waals surface area contributed by atoms with Crippen molar-refractivity contribution in [2.45, 2.75) is 24.8 Å². The minimum atomic E-state index is -4.01. The molecule has 0 aliphatic rings. The average Bonchev–Trinajstić information content (AvgIpc) is 2.70. The number of ether oxygens (including phenoxy) is 1. The van der Waals surface area contributed by atoms with E-state index in [4.69, 9.17) is 4.74 Å². The van der Waals surface area contributed by atoms with Gasteiger partial charge in [0.1, 0.15) is 11.6 Å². The Balaban J connectivity index is 2.15. The van der Waals surface area contributed by atoms with Crippen molar-refractivity contribution in [2.75, 3.05) is 11.4 Å². The number of sulfonamides is 1. The highest BCUT2D eigenvalue weighted by Gasteiger charge is 2.31. The number of methoxy groups -OCH3 is 1. The Morgan fingerprint density at radius 3 is 2.21 bits per heavy atom. The molecule has 0 amide bonds. The van der Waals surface area contributed by atoms with Gasteiger partial charge in [0.2, 0.25) is 0 Å². The molecule has 146 valence electrons. The number of nitrogens with zero attached hydrogens (tertiary/aromatic N) is 1. The highest BCUT2D eigenvalue weighted by atomic mass is 32.2. The molecule has 3 rings (SSSR count). The number of anilines is 1. The lowest BCUT2D eigenvalue weighted by Gasteiger charge is -2.31. The highest BCUT2D eigenvalue weighted by Crippen LogP contribution is 2.34. The molecule has 0 bridgehead atoms. The number of halogens is 1. The molecule has 0 spiro atoms. The van der Waals surface area contributed by atoms with Crippen molar-refractivity contribution in [3.63, 3.8) is 0 Å². The molecule has 28 heavy (non-hydrogen) atoms. The average molecular weight is 399 g/mol. The molecular formula is C22H22FNO3S. The molecule has 4 nitrogen and oxygen atoms in total. The fourth-order valence-corrected chi connectivity index (χ4v) is 5.01. The monoisotopic (exact) mass is 399 g/mol. The highest BCUT2D eigenvalue weighted by molar-refractivity contribution is 7.92. The summed E-state index contributed by atoms with van der Waals surface area (Å²) in [6, 6.07) is 19.3. The van der Waals surface area contributed by atoms with E-state index in [2.05, 4.69) is 0 Å². The van der Waals surface area contributed by atoms with Gasteiger partial charge in [-0.3, -0.25) is 4.31 Å². The number of aryl methyl sites for hydroxylation is 1. The number of hydrogen-bond donors (Lipinski definition) is 0. The SMILES string of the molecule is COc1ccc([C@H](C)N(c2ccccc2)S(=O)(=O)c2cc(F)ccc2C)cc1. The summed E-state index contributed by atoms with van der Waals surface area (Å²) in [5.41, 5.74) is 1.79. The fraction of sp³-hybridized carbons (Fsp3) is 0.182. The molecule has 3 aromatic carbocycles. The van der Waals surface area contributed by atoms with Crippen LogP contribution in [0.2, 0.25) is 0 Å². The van der Waals surface area contributed by atoms with Gasteiger partial charge in [-0.25, -0.2) is 12.8 Å². The Bertz CT molecular complexity index is 1050. The van der Waals surface area contributed by atoms with Gasteiger partial charge in [-0.2, -0.15) is 0 Å². The third-order valence-corrected chi connectivity index (χ3v) is 6.69. The second kappa shape index (κ2) is 8.02. The first kappa shape index (κ1) is 19.9. The van der Waals surface area contributed by atoms with Crippen LogP contribution in [0.25, 0.3) is 0 Å². The molecular weight excluding hydrogens is 377 g/mol. The zero-order chi connectivity index (χ0) is 20.3. The molecule has 0 aromatic heterocycles. The lowest BCUT2D eigenvalue weighted by molar-refractivity contribution is 0.414. The molecule has 3 aromatic rings. The van der Waals surface area contributed by atoms with E-state index >= 15 is 0 Å². The van der Waals surface area contributed by atoms with Crippen LogP contribution in [-0.2, 0) is 10.0 Å². The van der Waals surface area contributed by atoms with Crippen LogP contribution in [0.4, 0.5) is 10.1 Å². The smallest absolute Gasteiger partial charge is 0.265 e. The molecule has 0 saturated carbocycles. The van der Waals surface area contributed by atoms with Crippen LogP contribution in [0.15, 0.2) is 77.7 Å². The van der Waals surface area contributed by atoms with Crippen LogP contribution in [0.1, 0.15) is 24.1 Å². The van der Waals surface area contributed by atoms with E-state index < -0.39 is 21.9 Å². The molecule has 0 N–H and O–H groups in total. The van der Waals surface area contributed by atoms with Gasteiger partial charge >= 0.3 is 0 Å². The van der Waals surface area contributed by atoms with Gasteiger partial charge in [0.25, 0.3) is 10.0 Å². The van der Waals surface area contributed by atoms with Crippen LogP contribution in [-0.4, -0.2) is 15.5 Å². The van der Waals surface area contributed by atoms with Gasteiger partial charge in [-0.1, -0.05) is 36.4 Å². The summed E-state index contributed by atoms with van der Waals surface area (Å²) in [5, 5.41) is 0. The first-order valence-corrected chi connectivity index (χ1v) is 10.3. The number of hydrogen-bond acceptors (Lipinski definition) is 3. The molecule has 0 unspecified atom stereocenters. The largest absolute Gasteiger partial charge is 0.497 e. The quantitative estimate of drug-likeness (QED) is 0.579. The van der Waals surface area contributed by atoms with Crippen LogP contribution >= 0.6 is 0 Å².